The molecule has 1 unspecified atom stereocenters. The van der Waals surface area contributed by atoms with Gasteiger partial charge in [0.05, 0.1) is 18.7 Å². The molecule has 0 radical (unpaired) electrons. The van der Waals surface area contributed by atoms with Crippen molar-refractivity contribution in [2.24, 2.45) is 5.92 Å². The lowest BCUT2D eigenvalue weighted by Crippen LogP contribution is -2.32. The lowest BCUT2D eigenvalue weighted by molar-refractivity contribution is -0.152. The standard InChI is InChI=1S/C21H21ClN2O6/c1-12(25)23-16-4-6-19(28-2)17(9-16)24-20(26)11-30-21(27)14-7-13-8-15(22)3-5-18(13)29-10-14/h3-6,8-9,14H,7,10-11H2,1-2H3,(H,23,25)(H,24,26). The number of anilines is 2. The molecule has 0 aromatic heterocycles. The van der Waals surface area contributed by atoms with E-state index in [2.05, 4.69) is 10.6 Å². The molecule has 0 aliphatic carbocycles. The van der Waals surface area contributed by atoms with Crippen molar-refractivity contribution >= 4 is 40.8 Å². The molecular formula is C21H21ClN2O6. The van der Waals surface area contributed by atoms with Gasteiger partial charge in [-0.15, -0.1) is 0 Å². The predicted octanol–water partition coefficient (Wildman–Crippen LogP) is 3.04. The molecular weight excluding hydrogens is 412 g/mol. The van der Waals surface area contributed by atoms with E-state index in [0.29, 0.717) is 34.3 Å². The molecule has 9 heteroatoms. The Morgan fingerprint density at radius 1 is 1.17 bits per heavy atom. The highest BCUT2D eigenvalue weighted by molar-refractivity contribution is 6.30. The van der Waals surface area contributed by atoms with Crippen LogP contribution in [0.3, 0.4) is 0 Å². The van der Waals surface area contributed by atoms with Crippen molar-refractivity contribution in [3.63, 3.8) is 0 Å². The molecule has 1 heterocycles. The van der Waals surface area contributed by atoms with Crippen LogP contribution in [0.5, 0.6) is 11.5 Å². The number of hydrogen-bond donors (Lipinski definition) is 2. The van der Waals surface area contributed by atoms with Gasteiger partial charge in [0.25, 0.3) is 5.91 Å². The third kappa shape index (κ3) is 5.42. The first-order chi connectivity index (χ1) is 14.4. The second-order valence-corrected chi connectivity index (χ2v) is 7.15. The number of ether oxygens (including phenoxy) is 3. The van der Waals surface area contributed by atoms with Crippen LogP contribution >= 0.6 is 11.6 Å². The number of carbonyl (C=O) groups excluding carboxylic acids is 3. The van der Waals surface area contributed by atoms with Gasteiger partial charge in [0.2, 0.25) is 5.91 Å². The van der Waals surface area contributed by atoms with Gasteiger partial charge in [0, 0.05) is 17.6 Å². The summed E-state index contributed by atoms with van der Waals surface area (Å²) in [4.78, 5) is 35.8. The summed E-state index contributed by atoms with van der Waals surface area (Å²) in [5.74, 6) is -0.757. The van der Waals surface area contributed by atoms with Crippen molar-refractivity contribution in [2.75, 3.05) is 31.0 Å². The number of nitrogens with one attached hydrogen (secondary N) is 2. The summed E-state index contributed by atoms with van der Waals surface area (Å²) in [7, 11) is 1.45. The molecule has 2 N–H and O–H groups in total. The highest BCUT2D eigenvalue weighted by Gasteiger charge is 2.28. The Hall–Kier alpha value is -3.26. The van der Waals surface area contributed by atoms with E-state index in [0.717, 1.165) is 5.56 Å². The third-order valence-electron chi connectivity index (χ3n) is 4.40. The molecule has 2 amide bonds. The van der Waals surface area contributed by atoms with Crippen molar-refractivity contribution in [1.29, 1.82) is 0 Å². The first kappa shape index (κ1) is 21.4. The van der Waals surface area contributed by atoms with Crippen molar-refractivity contribution in [2.45, 2.75) is 13.3 Å². The number of esters is 1. The zero-order valence-electron chi connectivity index (χ0n) is 16.5. The van der Waals surface area contributed by atoms with Crippen LogP contribution in [0, 0.1) is 5.92 Å². The van der Waals surface area contributed by atoms with Crippen molar-refractivity contribution in [3.05, 3.63) is 47.0 Å². The molecule has 8 nitrogen and oxygen atoms in total. The Labute approximate surface area is 178 Å². The smallest absolute Gasteiger partial charge is 0.313 e. The fourth-order valence-electron chi connectivity index (χ4n) is 3.04. The van der Waals surface area contributed by atoms with Gasteiger partial charge < -0.3 is 24.8 Å². The zero-order chi connectivity index (χ0) is 21.7. The number of fused-ring (bicyclic) bond motifs is 1. The van der Waals surface area contributed by atoms with Gasteiger partial charge in [-0.25, -0.2) is 0 Å². The Bertz CT molecular complexity index is 978. The highest BCUT2D eigenvalue weighted by Crippen LogP contribution is 2.30. The summed E-state index contributed by atoms with van der Waals surface area (Å²) >= 11 is 5.99. The maximum absolute atomic E-state index is 12.4. The quantitative estimate of drug-likeness (QED) is 0.680. The minimum atomic E-state index is -0.540. The molecule has 1 aliphatic heterocycles. The molecule has 158 valence electrons. The van der Waals surface area contributed by atoms with Crippen molar-refractivity contribution in [3.8, 4) is 11.5 Å². The Balaban J connectivity index is 1.57. The second kappa shape index (κ2) is 9.49. The van der Waals surface area contributed by atoms with Gasteiger partial charge in [-0.1, -0.05) is 11.6 Å². The summed E-state index contributed by atoms with van der Waals surface area (Å²) in [6, 6.07) is 10.0. The largest absolute Gasteiger partial charge is 0.495 e. The van der Waals surface area contributed by atoms with E-state index < -0.39 is 24.4 Å². The molecule has 0 saturated carbocycles. The normalized spacial score (nSPS) is 14.7. The van der Waals surface area contributed by atoms with Crippen LogP contribution in [0.1, 0.15) is 12.5 Å². The fourth-order valence-corrected chi connectivity index (χ4v) is 3.24. The minimum absolute atomic E-state index is 0.168. The lowest BCUT2D eigenvalue weighted by atomic mass is 9.97. The second-order valence-electron chi connectivity index (χ2n) is 6.72. The van der Waals surface area contributed by atoms with E-state index in [9.17, 15) is 14.4 Å². The topological polar surface area (TPSA) is 103 Å². The zero-order valence-corrected chi connectivity index (χ0v) is 17.2. The van der Waals surface area contributed by atoms with Crippen LogP contribution in [0.25, 0.3) is 0 Å². The first-order valence-corrected chi connectivity index (χ1v) is 9.57. The number of carbonyl (C=O) groups is 3. The summed E-state index contributed by atoms with van der Waals surface area (Å²) < 4.78 is 15.9. The lowest BCUT2D eigenvalue weighted by Gasteiger charge is -2.24. The van der Waals surface area contributed by atoms with Gasteiger partial charge in [0.1, 0.15) is 18.1 Å². The summed E-state index contributed by atoms with van der Waals surface area (Å²) in [5.41, 5.74) is 1.65. The first-order valence-electron chi connectivity index (χ1n) is 9.19. The van der Waals surface area contributed by atoms with E-state index in [1.54, 1.807) is 36.4 Å². The van der Waals surface area contributed by atoms with E-state index in [1.807, 2.05) is 0 Å². The van der Waals surface area contributed by atoms with Gasteiger partial charge in [0.15, 0.2) is 6.61 Å². The summed E-state index contributed by atoms with van der Waals surface area (Å²) in [5, 5.41) is 5.79. The molecule has 2 aromatic carbocycles. The van der Waals surface area contributed by atoms with E-state index in [1.165, 1.54) is 14.0 Å². The minimum Gasteiger partial charge on any atom is -0.495 e. The molecule has 0 saturated heterocycles. The number of methoxy groups -OCH3 is 1. The van der Waals surface area contributed by atoms with Gasteiger partial charge in [-0.2, -0.15) is 0 Å². The van der Waals surface area contributed by atoms with Crippen LogP contribution in [-0.2, 0) is 25.5 Å². The van der Waals surface area contributed by atoms with E-state index in [4.69, 9.17) is 25.8 Å². The molecule has 2 aromatic rings. The summed E-state index contributed by atoms with van der Waals surface area (Å²) in [6.07, 6.45) is 0.420. The monoisotopic (exact) mass is 432 g/mol. The van der Waals surface area contributed by atoms with Gasteiger partial charge >= 0.3 is 5.97 Å². The van der Waals surface area contributed by atoms with Crippen LogP contribution in [-0.4, -0.2) is 38.1 Å². The van der Waals surface area contributed by atoms with Crippen LogP contribution < -0.4 is 20.1 Å². The van der Waals surface area contributed by atoms with Gasteiger partial charge in [-0.3, -0.25) is 14.4 Å². The highest BCUT2D eigenvalue weighted by atomic mass is 35.5. The number of hydrogen-bond acceptors (Lipinski definition) is 6. The molecule has 1 atom stereocenters. The Kier molecular flexibility index (Phi) is 6.79. The van der Waals surface area contributed by atoms with E-state index >= 15 is 0 Å². The third-order valence-corrected chi connectivity index (χ3v) is 4.64. The maximum Gasteiger partial charge on any atom is 0.313 e. The average molecular weight is 433 g/mol. The molecule has 0 bridgehead atoms. The summed E-state index contributed by atoms with van der Waals surface area (Å²) in [6.45, 7) is 1.08. The SMILES string of the molecule is COc1ccc(NC(C)=O)cc1NC(=O)COC(=O)C1COc2ccc(Cl)cc2C1. The van der Waals surface area contributed by atoms with Gasteiger partial charge in [-0.05, 0) is 48.4 Å². The molecule has 3 rings (SSSR count). The predicted molar refractivity (Wildman–Crippen MR) is 111 cm³/mol. The number of benzene rings is 2. The van der Waals surface area contributed by atoms with Crippen LogP contribution in [0.4, 0.5) is 11.4 Å². The van der Waals surface area contributed by atoms with Crippen LogP contribution in [0.2, 0.25) is 5.02 Å². The molecule has 0 spiro atoms. The number of rotatable bonds is 6. The van der Waals surface area contributed by atoms with Crippen LogP contribution in [0.15, 0.2) is 36.4 Å². The number of halogens is 1. The average Bonchev–Trinajstić information content (AvgIpc) is 2.71. The fraction of sp³-hybridized carbons (Fsp3) is 0.286. The maximum atomic E-state index is 12.4. The molecule has 30 heavy (non-hydrogen) atoms. The van der Waals surface area contributed by atoms with Crippen molar-refractivity contribution in [1.82, 2.24) is 0 Å². The Morgan fingerprint density at radius 2 is 1.97 bits per heavy atom. The Morgan fingerprint density at radius 3 is 2.70 bits per heavy atom. The van der Waals surface area contributed by atoms with Crippen molar-refractivity contribution < 1.29 is 28.6 Å². The molecule has 1 aliphatic rings. The number of amides is 2. The molecule has 0 fully saturated rings. The van der Waals surface area contributed by atoms with E-state index in [-0.39, 0.29) is 12.5 Å².